The van der Waals surface area contributed by atoms with Crippen LogP contribution in [0.1, 0.15) is 47.6 Å². The molecule has 3 N–H and O–H groups in total. The van der Waals surface area contributed by atoms with E-state index in [4.69, 9.17) is 10.3 Å². The van der Waals surface area contributed by atoms with E-state index in [-0.39, 0.29) is 23.1 Å². The molecule has 1 saturated carbocycles. The Morgan fingerprint density at radius 2 is 1.94 bits per heavy atom. The summed E-state index contributed by atoms with van der Waals surface area (Å²) >= 11 is 1.21. The minimum absolute atomic E-state index is 0.0189. The Morgan fingerprint density at radius 3 is 2.67 bits per heavy atom. The molecule has 0 amide bonds. The minimum atomic E-state index is -4.65. The molecule has 0 bridgehead atoms. The second-order valence-electron chi connectivity index (χ2n) is 9.77. The molecular formula is C27H24F3N3O2S. The van der Waals surface area contributed by atoms with E-state index in [0.717, 1.165) is 47.4 Å². The van der Waals surface area contributed by atoms with Gasteiger partial charge in [0.05, 0.1) is 17.2 Å². The molecule has 9 heteroatoms. The highest BCUT2D eigenvalue weighted by atomic mass is 32.1. The van der Waals surface area contributed by atoms with Crippen LogP contribution in [-0.4, -0.2) is 27.4 Å². The summed E-state index contributed by atoms with van der Waals surface area (Å²) in [5, 5.41) is 13.6. The van der Waals surface area contributed by atoms with Crippen molar-refractivity contribution in [2.75, 3.05) is 6.61 Å². The summed E-state index contributed by atoms with van der Waals surface area (Å²) in [6.45, 7) is -0.0189. The lowest BCUT2D eigenvalue weighted by Crippen LogP contribution is -2.40. The summed E-state index contributed by atoms with van der Waals surface area (Å²) < 4.78 is 47.8. The van der Waals surface area contributed by atoms with Gasteiger partial charge in [0.25, 0.3) is 0 Å². The lowest BCUT2D eigenvalue weighted by molar-refractivity contribution is -0.136. The fourth-order valence-corrected chi connectivity index (χ4v) is 6.61. The first-order chi connectivity index (χ1) is 17.3. The maximum absolute atomic E-state index is 14.2. The highest BCUT2D eigenvalue weighted by Gasteiger charge is 2.42. The van der Waals surface area contributed by atoms with Crippen LogP contribution in [-0.2, 0) is 19.0 Å². The molecule has 2 unspecified atom stereocenters. The molecule has 2 aliphatic carbocycles. The monoisotopic (exact) mass is 511 g/mol. The number of aromatic nitrogens is 2. The average Bonchev–Trinajstić information content (AvgIpc) is 3.60. The van der Waals surface area contributed by atoms with E-state index >= 15 is 0 Å². The van der Waals surface area contributed by atoms with Crippen molar-refractivity contribution in [3.63, 3.8) is 0 Å². The highest BCUT2D eigenvalue weighted by Crippen LogP contribution is 2.48. The Balaban J connectivity index is 1.37. The van der Waals surface area contributed by atoms with Crippen LogP contribution in [0.15, 0.2) is 53.1 Å². The fourth-order valence-electron chi connectivity index (χ4n) is 5.45. The molecule has 4 aromatic rings. The number of hydrogen-bond donors (Lipinski definition) is 2. The molecule has 0 aliphatic heterocycles. The third kappa shape index (κ3) is 3.95. The Morgan fingerprint density at radius 1 is 1.14 bits per heavy atom. The van der Waals surface area contributed by atoms with Gasteiger partial charge in [0, 0.05) is 11.1 Å². The van der Waals surface area contributed by atoms with Gasteiger partial charge < -0.3 is 15.4 Å². The molecule has 2 aromatic heterocycles. The molecule has 2 atom stereocenters. The number of alkyl halides is 3. The van der Waals surface area contributed by atoms with Crippen LogP contribution in [0.4, 0.5) is 13.2 Å². The van der Waals surface area contributed by atoms with Crippen molar-refractivity contribution in [3.8, 4) is 32.5 Å². The van der Waals surface area contributed by atoms with E-state index in [9.17, 15) is 18.3 Å². The van der Waals surface area contributed by atoms with Gasteiger partial charge in [0.1, 0.15) is 11.3 Å². The first-order valence-electron chi connectivity index (χ1n) is 11.9. The van der Waals surface area contributed by atoms with Gasteiger partial charge in [-0.05, 0) is 54.7 Å². The third-order valence-corrected chi connectivity index (χ3v) is 8.48. The van der Waals surface area contributed by atoms with E-state index in [1.807, 2.05) is 6.07 Å². The Bertz CT molecular complexity index is 1430. The number of thiazole rings is 1. The topological polar surface area (TPSA) is 85.2 Å². The number of halogens is 3. The SMILES string of the molecule is NC1(CO)CCC(c2ccc3c(c2)CCc2nc(-c4onc(-c5ccccc5)c4C(F)(F)F)sc2-3)C1. The molecule has 186 valence electrons. The zero-order chi connectivity index (χ0) is 25.1. The van der Waals surface area contributed by atoms with Crippen LogP contribution in [0.25, 0.3) is 32.5 Å². The van der Waals surface area contributed by atoms with Gasteiger partial charge in [-0.25, -0.2) is 4.98 Å². The first kappa shape index (κ1) is 23.4. The molecule has 2 aliphatic rings. The number of aryl methyl sites for hydroxylation is 2. The van der Waals surface area contributed by atoms with Crippen molar-refractivity contribution in [2.45, 2.75) is 49.7 Å². The summed E-state index contributed by atoms with van der Waals surface area (Å²) in [6.07, 6.45) is -0.775. The molecule has 0 spiro atoms. The molecule has 2 heterocycles. The molecular weight excluding hydrogens is 487 g/mol. The number of benzene rings is 2. The van der Waals surface area contributed by atoms with E-state index < -0.39 is 17.3 Å². The summed E-state index contributed by atoms with van der Waals surface area (Å²) in [6, 6.07) is 14.5. The largest absolute Gasteiger partial charge is 0.422 e. The first-order valence-corrected chi connectivity index (χ1v) is 12.7. The van der Waals surface area contributed by atoms with Gasteiger partial charge in [-0.1, -0.05) is 53.7 Å². The van der Waals surface area contributed by atoms with Crippen LogP contribution >= 0.6 is 11.3 Å². The van der Waals surface area contributed by atoms with Gasteiger partial charge in [0.2, 0.25) is 5.76 Å². The van der Waals surface area contributed by atoms with Gasteiger partial charge >= 0.3 is 6.18 Å². The van der Waals surface area contributed by atoms with E-state index in [1.165, 1.54) is 16.9 Å². The maximum Gasteiger partial charge on any atom is 0.422 e. The minimum Gasteiger partial charge on any atom is -0.394 e. The molecule has 0 radical (unpaired) electrons. The van der Waals surface area contributed by atoms with E-state index in [2.05, 4.69) is 22.3 Å². The number of fused-ring (bicyclic) bond motifs is 3. The highest BCUT2D eigenvalue weighted by molar-refractivity contribution is 7.18. The second-order valence-corrected chi connectivity index (χ2v) is 10.8. The zero-order valence-electron chi connectivity index (χ0n) is 19.3. The molecule has 6 rings (SSSR count). The Labute approximate surface area is 209 Å². The second kappa shape index (κ2) is 8.54. The smallest absolute Gasteiger partial charge is 0.394 e. The quantitative estimate of drug-likeness (QED) is 0.340. The number of aliphatic hydroxyl groups is 1. The maximum atomic E-state index is 14.2. The van der Waals surface area contributed by atoms with Crippen molar-refractivity contribution in [1.82, 2.24) is 10.1 Å². The lowest BCUT2D eigenvalue weighted by Gasteiger charge is -2.22. The standard InChI is InChI=1S/C27H24F3N3O2S/c28-27(29,30)21-22(15-4-2-1-3-5-15)33-35-23(21)25-32-20-9-7-17-12-16(6-8-19(17)24(20)36-25)18-10-11-26(31,13-18)14-34/h1-6,8,12,18,34H,7,9-11,13-14,31H2. The van der Waals surface area contributed by atoms with Crippen LogP contribution in [0.5, 0.6) is 0 Å². The molecule has 1 fully saturated rings. The Hall–Kier alpha value is -3.01. The Kier molecular flexibility index (Phi) is 5.55. The lowest BCUT2D eigenvalue weighted by atomic mass is 9.87. The van der Waals surface area contributed by atoms with Crippen LogP contribution in [0.2, 0.25) is 0 Å². The van der Waals surface area contributed by atoms with E-state index in [0.29, 0.717) is 17.9 Å². The van der Waals surface area contributed by atoms with Crippen molar-refractivity contribution in [3.05, 3.63) is 70.9 Å². The van der Waals surface area contributed by atoms with E-state index in [1.54, 1.807) is 30.3 Å². The normalized spacial score (nSPS) is 21.4. The van der Waals surface area contributed by atoms with Gasteiger partial charge in [-0.3, -0.25) is 0 Å². The number of aliphatic hydroxyl groups excluding tert-OH is 1. The molecule has 36 heavy (non-hydrogen) atoms. The van der Waals surface area contributed by atoms with Crippen LogP contribution in [0, 0.1) is 0 Å². The zero-order valence-corrected chi connectivity index (χ0v) is 20.1. The summed E-state index contributed by atoms with van der Waals surface area (Å²) in [5.41, 5.74) is 9.11. The summed E-state index contributed by atoms with van der Waals surface area (Å²) in [7, 11) is 0. The molecule has 5 nitrogen and oxygen atoms in total. The number of hydrogen-bond acceptors (Lipinski definition) is 6. The summed E-state index contributed by atoms with van der Waals surface area (Å²) in [4.78, 5) is 5.45. The van der Waals surface area contributed by atoms with Gasteiger partial charge in [-0.15, -0.1) is 11.3 Å². The number of nitrogens with two attached hydrogens (primary N) is 1. The van der Waals surface area contributed by atoms with Crippen molar-refractivity contribution < 1.29 is 22.8 Å². The predicted octanol–water partition coefficient (Wildman–Crippen LogP) is 6.21. The van der Waals surface area contributed by atoms with Crippen LogP contribution < -0.4 is 5.73 Å². The fraction of sp³-hybridized carbons (Fsp3) is 0.333. The van der Waals surface area contributed by atoms with Crippen LogP contribution in [0.3, 0.4) is 0 Å². The molecule has 0 saturated heterocycles. The summed E-state index contributed by atoms with van der Waals surface area (Å²) in [5.74, 6) is -0.0426. The number of rotatable bonds is 4. The number of nitrogens with zero attached hydrogens (tertiary/aromatic N) is 2. The third-order valence-electron chi connectivity index (χ3n) is 7.35. The van der Waals surface area contributed by atoms with Crippen molar-refractivity contribution in [1.29, 1.82) is 0 Å². The van der Waals surface area contributed by atoms with Gasteiger partial charge in [0.15, 0.2) is 5.01 Å². The van der Waals surface area contributed by atoms with Gasteiger partial charge in [-0.2, -0.15) is 13.2 Å². The van der Waals surface area contributed by atoms with Crippen molar-refractivity contribution >= 4 is 11.3 Å². The molecule has 2 aromatic carbocycles. The average molecular weight is 512 g/mol. The predicted molar refractivity (Wildman–Crippen MR) is 131 cm³/mol. The van der Waals surface area contributed by atoms with Crippen molar-refractivity contribution in [2.24, 2.45) is 5.73 Å².